The lowest BCUT2D eigenvalue weighted by atomic mass is 10.0. The summed E-state index contributed by atoms with van der Waals surface area (Å²) in [6.07, 6.45) is 1.34. The molecule has 1 amide bonds. The Morgan fingerprint density at radius 3 is 2.91 bits per heavy atom. The summed E-state index contributed by atoms with van der Waals surface area (Å²) >= 11 is 9.27. The molecule has 0 bridgehead atoms. The van der Waals surface area contributed by atoms with Crippen LogP contribution >= 0.6 is 34.7 Å². The monoisotopic (exact) mass is 365 g/mol. The Labute approximate surface area is 148 Å². The fourth-order valence-corrected chi connectivity index (χ4v) is 4.55. The fourth-order valence-electron chi connectivity index (χ4n) is 2.57. The minimum Gasteiger partial charge on any atom is -0.349 e. The van der Waals surface area contributed by atoms with Crippen LogP contribution in [0.25, 0.3) is 0 Å². The molecule has 3 nitrogen and oxygen atoms in total. The summed E-state index contributed by atoms with van der Waals surface area (Å²) in [4.78, 5) is 26.0. The lowest BCUT2D eigenvalue weighted by Gasteiger charge is -2.26. The molecule has 6 heteroatoms. The van der Waals surface area contributed by atoms with E-state index in [4.69, 9.17) is 11.6 Å². The Hall–Kier alpha value is -1.30. The molecule has 1 aromatic carbocycles. The van der Waals surface area contributed by atoms with Crippen molar-refractivity contribution in [1.29, 1.82) is 0 Å². The number of benzene rings is 1. The molecule has 2 heterocycles. The number of fused-ring (bicyclic) bond motifs is 1. The van der Waals surface area contributed by atoms with Gasteiger partial charge in [-0.2, -0.15) is 0 Å². The topological polar surface area (TPSA) is 46.2 Å². The van der Waals surface area contributed by atoms with Crippen molar-refractivity contribution in [2.24, 2.45) is 0 Å². The number of rotatable bonds is 5. The second kappa shape index (κ2) is 7.51. The van der Waals surface area contributed by atoms with Crippen molar-refractivity contribution >= 4 is 46.4 Å². The van der Waals surface area contributed by atoms with Gasteiger partial charge in [0.15, 0.2) is 5.78 Å². The predicted octanol–water partition coefficient (Wildman–Crippen LogP) is 4.72. The highest BCUT2D eigenvalue weighted by Gasteiger charge is 2.23. The Kier molecular flexibility index (Phi) is 5.41. The molecule has 1 aliphatic heterocycles. The van der Waals surface area contributed by atoms with Crippen LogP contribution in [0.3, 0.4) is 0 Å². The van der Waals surface area contributed by atoms with Crippen LogP contribution in [0.1, 0.15) is 40.5 Å². The van der Waals surface area contributed by atoms with Gasteiger partial charge in [0, 0.05) is 28.5 Å². The molecule has 1 aliphatic rings. The molecule has 1 N–H and O–H groups in total. The number of hydrogen-bond donors (Lipinski definition) is 1. The van der Waals surface area contributed by atoms with Crippen LogP contribution in [0, 0.1) is 0 Å². The van der Waals surface area contributed by atoms with Crippen LogP contribution in [0.4, 0.5) is 0 Å². The van der Waals surface area contributed by atoms with Crippen LogP contribution in [0.2, 0.25) is 5.02 Å². The number of halogens is 1. The van der Waals surface area contributed by atoms with E-state index in [2.05, 4.69) is 5.32 Å². The first-order valence-electron chi connectivity index (χ1n) is 7.42. The van der Waals surface area contributed by atoms with E-state index in [0.717, 1.165) is 17.7 Å². The van der Waals surface area contributed by atoms with E-state index in [-0.39, 0.29) is 30.6 Å². The summed E-state index contributed by atoms with van der Waals surface area (Å²) in [7, 11) is 0. The normalized spacial score (nSPS) is 16.7. The maximum Gasteiger partial charge on any atom is 0.220 e. The molecule has 23 heavy (non-hydrogen) atoms. The minimum atomic E-state index is -0.0854. The number of thiophene rings is 1. The third kappa shape index (κ3) is 4.16. The van der Waals surface area contributed by atoms with E-state index < -0.39 is 0 Å². The molecule has 0 fully saturated rings. The standard InChI is InChI=1S/C17H16ClNO2S2/c18-11-3-5-15-12(10-11)13(7-9-23-15)19-17(21)6-4-14(20)16-2-1-8-22-16/h1-3,5,8,10,13H,4,6-7,9H2,(H,19,21). The Morgan fingerprint density at radius 2 is 2.13 bits per heavy atom. The smallest absolute Gasteiger partial charge is 0.220 e. The zero-order chi connectivity index (χ0) is 16.2. The highest BCUT2D eigenvalue weighted by atomic mass is 35.5. The van der Waals surface area contributed by atoms with Gasteiger partial charge < -0.3 is 5.32 Å². The lowest BCUT2D eigenvalue weighted by molar-refractivity contribution is -0.121. The molecule has 0 saturated heterocycles. The van der Waals surface area contributed by atoms with Crippen LogP contribution in [0.5, 0.6) is 0 Å². The minimum absolute atomic E-state index is 0.0192. The van der Waals surface area contributed by atoms with Gasteiger partial charge in [-0.05, 0) is 41.6 Å². The molecule has 0 saturated carbocycles. The first kappa shape index (κ1) is 16.6. The van der Waals surface area contributed by atoms with E-state index in [1.807, 2.05) is 29.6 Å². The Morgan fingerprint density at radius 1 is 1.26 bits per heavy atom. The van der Waals surface area contributed by atoms with Crippen LogP contribution in [0.15, 0.2) is 40.6 Å². The van der Waals surface area contributed by atoms with E-state index in [1.165, 1.54) is 16.2 Å². The van der Waals surface area contributed by atoms with Gasteiger partial charge in [0.1, 0.15) is 0 Å². The number of Topliss-reactive ketones (excluding diaryl/α,β-unsaturated/α-hetero) is 1. The number of nitrogens with one attached hydrogen (secondary N) is 1. The number of hydrogen-bond acceptors (Lipinski definition) is 4. The molecule has 1 unspecified atom stereocenters. The number of thioether (sulfide) groups is 1. The molecule has 0 radical (unpaired) electrons. The van der Waals surface area contributed by atoms with Gasteiger partial charge in [-0.25, -0.2) is 0 Å². The highest BCUT2D eigenvalue weighted by Crippen LogP contribution is 2.37. The van der Waals surface area contributed by atoms with E-state index in [1.54, 1.807) is 17.8 Å². The van der Waals surface area contributed by atoms with Crippen molar-refractivity contribution in [3.63, 3.8) is 0 Å². The summed E-state index contributed by atoms with van der Waals surface area (Å²) in [6.45, 7) is 0. The number of amides is 1. The summed E-state index contributed by atoms with van der Waals surface area (Å²) in [6, 6.07) is 9.41. The van der Waals surface area contributed by atoms with E-state index in [9.17, 15) is 9.59 Å². The molecule has 1 aromatic heterocycles. The molecule has 0 aliphatic carbocycles. The molecule has 120 valence electrons. The first-order valence-corrected chi connectivity index (χ1v) is 9.66. The quantitative estimate of drug-likeness (QED) is 0.780. The van der Waals surface area contributed by atoms with Gasteiger partial charge in [-0.1, -0.05) is 17.7 Å². The van der Waals surface area contributed by atoms with Crippen LogP contribution in [-0.2, 0) is 4.79 Å². The molecular formula is C17H16ClNO2S2. The molecule has 3 rings (SSSR count). The van der Waals surface area contributed by atoms with Crippen LogP contribution < -0.4 is 5.32 Å². The van der Waals surface area contributed by atoms with Gasteiger partial charge in [0.2, 0.25) is 5.91 Å². The highest BCUT2D eigenvalue weighted by molar-refractivity contribution is 7.99. The van der Waals surface area contributed by atoms with Gasteiger partial charge in [-0.15, -0.1) is 23.1 Å². The van der Waals surface area contributed by atoms with Crippen molar-refractivity contribution in [3.05, 3.63) is 51.2 Å². The second-order valence-electron chi connectivity index (χ2n) is 5.34. The zero-order valence-electron chi connectivity index (χ0n) is 12.4. The second-order valence-corrected chi connectivity index (χ2v) is 7.86. The van der Waals surface area contributed by atoms with Crippen molar-refractivity contribution < 1.29 is 9.59 Å². The summed E-state index contributed by atoms with van der Waals surface area (Å²) in [5.74, 6) is 0.906. The summed E-state index contributed by atoms with van der Waals surface area (Å²) < 4.78 is 0. The fraction of sp³-hybridized carbons (Fsp3) is 0.294. The van der Waals surface area contributed by atoms with Crippen LogP contribution in [-0.4, -0.2) is 17.4 Å². The SMILES string of the molecule is O=C(CCC(=O)c1cccs1)NC1CCSc2ccc(Cl)cc21. The zero-order valence-corrected chi connectivity index (χ0v) is 14.8. The molecular weight excluding hydrogens is 350 g/mol. The maximum atomic E-state index is 12.2. The first-order chi connectivity index (χ1) is 11.1. The van der Waals surface area contributed by atoms with E-state index >= 15 is 0 Å². The Balaban J connectivity index is 1.59. The summed E-state index contributed by atoms with van der Waals surface area (Å²) in [5, 5.41) is 5.59. The van der Waals surface area contributed by atoms with E-state index in [0.29, 0.717) is 9.90 Å². The van der Waals surface area contributed by atoms with Crippen molar-refractivity contribution in [1.82, 2.24) is 5.32 Å². The third-order valence-corrected chi connectivity index (χ3v) is 5.99. The third-order valence-electron chi connectivity index (χ3n) is 3.72. The molecule has 2 aromatic rings. The average molecular weight is 366 g/mol. The predicted molar refractivity (Wildman–Crippen MR) is 95.6 cm³/mol. The van der Waals surface area contributed by atoms with Gasteiger partial charge in [0.25, 0.3) is 0 Å². The molecule has 0 spiro atoms. The largest absolute Gasteiger partial charge is 0.349 e. The van der Waals surface area contributed by atoms with Crippen molar-refractivity contribution in [3.8, 4) is 0 Å². The van der Waals surface area contributed by atoms with Gasteiger partial charge >= 0.3 is 0 Å². The number of carbonyl (C=O) groups is 2. The maximum absolute atomic E-state index is 12.2. The van der Waals surface area contributed by atoms with Gasteiger partial charge in [0.05, 0.1) is 10.9 Å². The number of ketones is 1. The summed E-state index contributed by atoms with van der Waals surface area (Å²) in [5.41, 5.74) is 1.08. The lowest BCUT2D eigenvalue weighted by Crippen LogP contribution is -2.30. The van der Waals surface area contributed by atoms with Crippen molar-refractivity contribution in [2.45, 2.75) is 30.2 Å². The Bertz CT molecular complexity index is 715. The van der Waals surface area contributed by atoms with Crippen molar-refractivity contribution in [2.75, 3.05) is 5.75 Å². The number of carbonyl (C=O) groups excluding carboxylic acids is 2. The molecule has 1 atom stereocenters. The average Bonchev–Trinajstić information content (AvgIpc) is 3.08. The van der Waals surface area contributed by atoms with Gasteiger partial charge in [-0.3, -0.25) is 9.59 Å².